The van der Waals surface area contributed by atoms with Crippen LogP contribution in [-0.4, -0.2) is 148 Å². The lowest BCUT2D eigenvalue weighted by atomic mass is 9.90. The van der Waals surface area contributed by atoms with Gasteiger partial charge in [0.25, 0.3) is 0 Å². The van der Waals surface area contributed by atoms with Crippen LogP contribution in [0.4, 0.5) is 0 Å². The minimum absolute atomic E-state index is 0.0618. The molecular weight excluding hydrogens is 640 g/mol. The number of aliphatic hydroxyl groups excluding tert-OH is 9. The number of fused-ring (bicyclic) bond motifs is 1. The molecule has 3 heterocycles. The number of hydrogen-bond donors (Lipinski definition) is 9. The van der Waals surface area contributed by atoms with Crippen molar-refractivity contribution in [2.24, 2.45) is 0 Å². The molecule has 0 radical (unpaired) electrons. The summed E-state index contributed by atoms with van der Waals surface area (Å²) in [5.74, 6) is 0.576. The number of rotatable bonds is 12. The summed E-state index contributed by atoms with van der Waals surface area (Å²) in [6, 6.07) is 8.39. The molecule has 3 aliphatic heterocycles. The molecule has 0 amide bonds. The van der Waals surface area contributed by atoms with Gasteiger partial charge < -0.3 is 79.1 Å². The highest BCUT2D eigenvalue weighted by Gasteiger charge is 2.46. The Labute approximate surface area is 275 Å². The third-order valence-corrected chi connectivity index (χ3v) is 8.66. The van der Waals surface area contributed by atoms with Gasteiger partial charge in [-0.25, -0.2) is 0 Å². The molecule has 12 unspecified atom stereocenters. The first-order chi connectivity index (χ1) is 23.1. The second-order valence-electron chi connectivity index (χ2n) is 11.6. The third-order valence-electron chi connectivity index (χ3n) is 8.66. The summed E-state index contributed by atoms with van der Waals surface area (Å²) in [6.45, 7) is -1.58. The van der Waals surface area contributed by atoms with E-state index in [0.717, 1.165) is 0 Å². The molecule has 3 aliphatic rings. The molecule has 0 aromatic heterocycles. The molecule has 2 fully saturated rings. The minimum atomic E-state index is -1.65. The van der Waals surface area contributed by atoms with Crippen molar-refractivity contribution in [3.05, 3.63) is 53.1 Å². The van der Waals surface area contributed by atoms with Crippen LogP contribution < -0.4 is 18.9 Å². The Balaban J connectivity index is 1.33. The second-order valence-corrected chi connectivity index (χ2v) is 11.6. The molecule has 2 aromatic rings. The summed E-state index contributed by atoms with van der Waals surface area (Å²) >= 11 is 0. The van der Waals surface area contributed by atoms with Crippen LogP contribution in [-0.2, 0) is 14.2 Å². The third kappa shape index (κ3) is 7.11. The standard InChI is InChI=1S/C32H42O16/c1-42-18-6-5-15(10-19(18)45-32-28(41)26(39)24(37)22(13-35)47-32)29-17(11-33)16-8-14(9-20(43-2)30(16)48-29)4-3-7-44-31-27(40)25(38)23(36)21(12-34)46-31/h3-6,8-10,17,21-29,31-41H,7,11-13H2,1-2H3. The maximum atomic E-state index is 10.5. The Morgan fingerprint density at radius 2 is 1.31 bits per heavy atom. The first-order valence-corrected chi connectivity index (χ1v) is 15.3. The van der Waals surface area contributed by atoms with E-state index in [-0.39, 0.29) is 24.7 Å². The number of hydrogen-bond acceptors (Lipinski definition) is 16. The van der Waals surface area contributed by atoms with Gasteiger partial charge in [-0.3, -0.25) is 0 Å². The Bertz CT molecular complexity index is 1400. The van der Waals surface area contributed by atoms with E-state index < -0.39 is 86.6 Å². The molecule has 0 bridgehead atoms. The van der Waals surface area contributed by atoms with Gasteiger partial charge in [0.15, 0.2) is 29.3 Å². The van der Waals surface area contributed by atoms with Crippen molar-refractivity contribution < 1.29 is 79.1 Å². The first-order valence-electron chi connectivity index (χ1n) is 15.3. The summed E-state index contributed by atoms with van der Waals surface area (Å²) in [7, 11) is 2.87. The van der Waals surface area contributed by atoms with Gasteiger partial charge in [0, 0.05) is 5.56 Å². The first kappa shape index (κ1) is 36.2. The summed E-state index contributed by atoms with van der Waals surface area (Å²) < 4.78 is 39.6. The van der Waals surface area contributed by atoms with Crippen molar-refractivity contribution in [2.75, 3.05) is 40.6 Å². The molecule has 5 rings (SSSR count). The summed E-state index contributed by atoms with van der Waals surface area (Å²) in [4.78, 5) is 0. The van der Waals surface area contributed by atoms with Gasteiger partial charge in [-0.15, -0.1) is 0 Å². The van der Waals surface area contributed by atoms with Crippen LogP contribution in [0.1, 0.15) is 28.7 Å². The SMILES string of the molecule is COc1ccc(C2Oc3c(OC)cc(C=CCOC4OC(CO)C(O)C(O)C4O)cc3C2CO)cc1OC1OC(CO)C(O)C(O)C1O. The van der Waals surface area contributed by atoms with Gasteiger partial charge in [0.1, 0.15) is 54.9 Å². The molecule has 48 heavy (non-hydrogen) atoms. The fraction of sp³-hybridized carbons (Fsp3) is 0.562. The maximum Gasteiger partial charge on any atom is 0.229 e. The highest BCUT2D eigenvalue weighted by Crippen LogP contribution is 2.51. The topological polar surface area (TPSA) is 247 Å². The van der Waals surface area contributed by atoms with Crippen LogP contribution in [0.2, 0.25) is 0 Å². The monoisotopic (exact) mass is 682 g/mol. The van der Waals surface area contributed by atoms with Gasteiger partial charge in [0.2, 0.25) is 6.29 Å². The summed E-state index contributed by atoms with van der Waals surface area (Å²) in [5.41, 5.74) is 1.85. The van der Waals surface area contributed by atoms with Crippen LogP contribution in [0.15, 0.2) is 36.4 Å². The predicted molar refractivity (Wildman–Crippen MR) is 162 cm³/mol. The van der Waals surface area contributed by atoms with Crippen LogP contribution in [0.3, 0.4) is 0 Å². The number of ether oxygens (including phenoxy) is 7. The molecule has 16 nitrogen and oxygen atoms in total. The zero-order chi connectivity index (χ0) is 34.7. The average molecular weight is 683 g/mol. The van der Waals surface area contributed by atoms with E-state index in [0.29, 0.717) is 28.2 Å². The van der Waals surface area contributed by atoms with E-state index in [2.05, 4.69) is 0 Å². The van der Waals surface area contributed by atoms with Crippen molar-refractivity contribution in [3.8, 4) is 23.0 Å². The highest BCUT2D eigenvalue weighted by molar-refractivity contribution is 5.62. The van der Waals surface area contributed by atoms with Gasteiger partial charge in [0.05, 0.1) is 46.6 Å². The van der Waals surface area contributed by atoms with E-state index in [1.165, 1.54) is 14.2 Å². The zero-order valence-electron chi connectivity index (χ0n) is 26.2. The second kappa shape index (κ2) is 15.6. The van der Waals surface area contributed by atoms with Gasteiger partial charge in [-0.1, -0.05) is 18.2 Å². The van der Waals surface area contributed by atoms with Crippen LogP contribution in [0.5, 0.6) is 23.0 Å². The Hall–Kier alpha value is -3.10. The summed E-state index contributed by atoms with van der Waals surface area (Å²) in [5, 5.41) is 90.3. The molecule has 266 valence electrons. The molecule has 0 spiro atoms. The van der Waals surface area contributed by atoms with E-state index >= 15 is 0 Å². The predicted octanol–water partition coefficient (Wildman–Crippen LogP) is -2.08. The zero-order valence-corrected chi connectivity index (χ0v) is 26.2. The molecule has 0 aliphatic carbocycles. The fourth-order valence-electron chi connectivity index (χ4n) is 5.95. The van der Waals surface area contributed by atoms with Gasteiger partial charge >= 0.3 is 0 Å². The molecule has 2 saturated heterocycles. The van der Waals surface area contributed by atoms with E-state index in [4.69, 9.17) is 33.2 Å². The van der Waals surface area contributed by atoms with Crippen LogP contribution in [0.25, 0.3) is 6.08 Å². The van der Waals surface area contributed by atoms with Crippen molar-refractivity contribution in [1.29, 1.82) is 0 Å². The van der Waals surface area contributed by atoms with E-state index in [1.54, 1.807) is 42.5 Å². The molecule has 12 atom stereocenters. The minimum Gasteiger partial charge on any atom is -0.493 e. The Morgan fingerprint density at radius 1 is 0.688 bits per heavy atom. The molecule has 9 N–H and O–H groups in total. The number of methoxy groups -OCH3 is 2. The van der Waals surface area contributed by atoms with Crippen molar-refractivity contribution in [1.82, 2.24) is 0 Å². The quantitative estimate of drug-likeness (QED) is 0.117. The lowest BCUT2D eigenvalue weighted by Gasteiger charge is -2.39. The van der Waals surface area contributed by atoms with Crippen molar-refractivity contribution >= 4 is 6.08 Å². The van der Waals surface area contributed by atoms with E-state index in [9.17, 15) is 46.0 Å². The average Bonchev–Trinajstić information content (AvgIpc) is 3.48. The van der Waals surface area contributed by atoms with E-state index in [1.807, 2.05) is 0 Å². The lowest BCUT2D eigenvalue weighted by Crippen LogP contribution is -2.60. The number of aliphatic hydroxyl groups is 9. The van der Waals surface area contributed by atoms with Crippen LogP contribution in [0, 0.1) is 0 Å². The lowest BCUT2D eigenvalue weighted by molar-refractivity contribution is -0.298. The number of benzene rings is 2. The summed E-state index contributed by atoms with van der Waals surface area (Å²) in [6.07, 6.45) is -11.9. The fourth-order valence-corrected chi connectivity index (χ4v) is 5.95. The van der Waals surface area contributed by atoms with Gasteiger partial charge in [-0.2, -0.15) is 0 Å². The molecular formula is C32H42O16. The van der Waals surface area contributed by atoms with Crippen LogP contribution >= 0.6 is 0 Å². The maximum absolute atomic E-state index is 10.5. The Morgan fingerprint density at radius 3 is 1.92 bits per heavy atom. The van der Waals surface area contributed by atoms with Gasteiger partial charge in [-0.05, 0) is 35.4 Å². The molecule has 16 heteroatoms. The highest BCUT2D eigenvalue weighted by atomic mass is 16.7. The van der Waals surface area contributed by atoms with Crippen molar-refractivity contribution in [3.63, 3.8) is 0 Å². The molecule has 0 saturated carbocycles. The van der Waals surface area contributed by atoms with Crippen molar-refractivity contribution in [2.45, 2.75) is 73.4 Å². The largest absolute Gasteiger partial charge is 0.493 e. The smallest absolute Gasteiger partial charge is 0.229 e. The normalized spacial score (nSPS) is 34.9. The Kier molecular flexibility index (Phi) is 11.8. The molecule has 2 aromatic carbocycles.